The summed E-state index contributed by atoms with van der Waals surface area (Å²) in [5.74, 6) is -0.774. The summed E-state index contributed by atoms with van der Waals surface area (Å²) in [7, 11) is 1.48. The highest BCUT2D eigenvalue weighted by atomic mass is 16.6. The van der Waals surface area contributed by atoms with Crippen LogP contribution in [-0.4, -0.2) is 35.9 Å². The molecule has 0 bridgehead atoms. The van der Waals surface area contributed by atoms with Crippen LogP contribution in [0.2, 0.25) is 0 Å². The molecule has 19 heavy (non-hydrogen) atoms. The monoisotopic (exact) mass is 267 g/mol. The molecule has 2 N–H and O–H groups in total. The number of aromatic hydroxyl groups is 1. The van der Waals surface area contributed by atoms with Gasteiger partial charge in [0, 0.05) is 13.2 Å². The summed E-state index contributed by atoms with van der Waals surface area (Å²) in [4.78, 5) is 20.9. The first kappa shape index (κ1) is 14.6. The van der Waals surface area contributed by atoms with Gasteiger partial charge in [-0.25, -0.2) is 5.43 Å². The zero-order valence-electron chi connectivity index (χ0n) is 10.2. The number of benzene rings is 1. The van der Waals surface area contributed by atoms with Crippen molar-refractivity contribution in [1.82, 2.24) is 5.43 Å². The largest absolute Gasteiger partial charge is 0.502 e. The average Bonchev–Trinajstić information content (AvgIpc) is 2.36. The van der Waals surface area contributed by atoms with Crippen molar-refractivity contribution < 1.29 is 19.6 Å². The fourth-order valence-electron chi connectivity index (χ4n) is 1.20. The van der Waals surface area contributed by atoms with Gasteiger partial charge in [0.1, 0.15) is 0 Å². The van der Waals surface area contributed by atoms with Gasteiger partial charge < -0.3 is 9.84 Å². The zero-order chi connectivity index (χ0) is 14.3. The van der Waals surface area contributed by atoms with Crippen LogP contribution in [0.3, 0.4) is 0 Å². The summed E-state index contributed by atoms with van der Waals surface area (Å²) in [5.41, 5.74) is 2.30. The van der Waals surface area contributed by atoms with Gasteiger partial charge in [0.2, 0.25) is 5.91 Å². The van der Waals surface area contributed by atoms with Gasteiger partial charge in [-0.15, -0.1) is 0 Å². The first-order valence-corrected chi connectivity index (χ1v) is 5.33. The van der Waals surface area contributed by atoms with E-state index in [2.05, 4.69) is 10.5 Å². The molecule has 0 saturated heterocycles. The minimum absolute atomic E-state index is 0.180. The smallest absolute Gasteiger partial charge is 0.310 e. The topological polar surface area (TPSA) is 114 Å². The molecule has 0 saturated carbocycles. The summed E-state index contributed by atoms with van der Waals surface area (Å²) in [6.45, 7) is 0.291. The Balaban J connectivity index is 2.60. The molecule has 1 rings (SSSR count). The molecule has 0 fully saturated rings. The van der Waals surface area contributed by atoms with Crippen LogP contribution in [-0.2, 0) is 9.53 Å². The van der Waals surface area contributed by atoms with Crippen molar-refractivity contribution in [2.75, 3.05) is 13.7 Å². The van der Waals surface area contributed by atoms with Gasteiger partial charge >= 0.3 is 5.69 Å². The van der Waals surface area contributed by atoms with Crippen LogP contribution in [0.5, 0.6) is 5.75 Å². The van der Waals surface area contributed by atoms with Crippen molar-refractivity contribution in [2.24, 2.45) is 5.10 Å². The molecule has 1 amide bonds. The number of amides is 1. The number of hydrogen-bond acceptors (Lipinski definition) is 6. The maximum Gasteiger partial charge on any atom is 0.310 e. The number of ether oxygens (including phenoxy) is 1. The fraction of sp³-hybridized carbons (Fsp3) is 0.273. The van der Waals surface area contributed by atoms with E-state index in [1.54, 1.807) is 0 Å². The van der Waals surface area contributed by atoms with E-state index in [1.165, 1.54) is 25.5 Å². The Morgan fingerprint density at radius 1 is 1.63 bits per heavy atom. The van der Waals surface area contributed by atoms with Crippen LogP contribution in [0.25, 0.3) is 0 Å². The lowest BCUT2D eigenvalue weighted by molar-refractivity contribution is -0.385. The molecule has 8 nitrogen and oxygen atoms in total. The fourth-order valence-corrected chi connectivity index (χ4v) is 1.20. The standard InChI is InChI=1S/C11H13N3O5/c1-19-5-4-11(16)13-12-7-8-2-3-9(14(17)18)10(15)6-8/h2-3,6-7,15H,4-5H2,1H3,(H,13,16). The van der Waals surface area contributed by atoms with Gasteiger partial charge in [-0.1, -0.05) is 0 Å². The lowest BCUT2D eigenvalue weighted by Gasteiger charge is -1.99. The van der Waals surface area contributed by atoms with Crippen LogP contribution >= 0.6 is 0 Å². The third kappa shape index (κ3) is 4.72. The number of methoxy groups -OCH3 is 1. The van der Waals surface area contributed by atoms with Crippen molar-refractivity contribution in [3.05, 3.63) is 33.9 Å². The third-order valence-corrected chi connectivity index (χ3v) is 2.13. The second-order valence-corrected chi connectivity index (χ2v) is 3.54. The number of nitrogens with one attached hydrogen (secondary N) is 1. The lowest BCUT2D eigenvalue weighted by Crippen LogP contribution is -2.18. The number of phenolic OH excluding ortho intramolecular Hbond substituents is 1. The number of phenols is 1. The first-order chi connectivity index (χ1) is 9.04. The van der Waals surface area contributed by atoms with E-state index < -0.39 is 10.7 Å². The molecule has 1 aromatic rings. The highest BCUT2D eigenvalue weighted by molar-refractivity contribution is 5.83. The SMILES string of the molecule is COCCC(=O)NN=Cc1ccc([N+](=O)[O-])c(O)c1. The molecule has 1 aromatic carbocycles. The van der Waals surface area contributed by atoms with E-state index in [4.69, 9.17) is 4.74 Å². The summed E-state index contributed by atoms with van der Waals surface area (Å²) in [5, 5.41) is 23.5. The Hall–Kier alpha value is -2.48. The van der Waals surface area contributed by atoms with Gasteiger partial charge in [-0.05, 0) is 17.7 Å². The van der Waals surface area contributed by atoms with Crippen LogP contribution in [0.15, 0.2) is 23.3 Å². The maximum absolute atomic E-state index is 11.2. The minimum Gasteiger partial charge on any atom is -0.502 e. The van der Waals surface area contributed by atoms with Gasteiger partial charge in [-0.2, -0.15) is 5.10 Å². The second kappa shape index (κ2) is 7.07. The van der Waals surface area contributed by atoms with Crippen LogP contribution < -0.4 is 5.43 Å². The van der Waals surface area contributed by atoms with Gasteiger partial charge in [0.05, 0.1) is 24.2 Å². The Morgan fingerprint density at radius 3 is 2.95 bits per heavy atom. The van der Waals surface area contributed by atoms with Gasteiger partial charge in [0.25, 0.3) is 0 Å². The predicted molar refractivity (Wildman–Crippen MR) is 67.0 cm³/mol. The Labute approximate surface area is 108 Å². The van der Waals surface area contributed by atoms with Gasteiger partial charge in [0.15, 0.2) is 5.75 Å². The summed E-state index contributed by atoms with van der Waals surface area (Å²) in [6.07, 6.45) is 1.45. The van der Waals surface area contributed by atoms with E-state index >= 15 is 0 Å². The Kier molecular flexibility index (Phi) is 5.42. The number of hydrazone groups is 1. The number of nitro groups is 1. The maximum atomic E-state index is 11.2. The molecule has 0 atom stereocenters. The highest BCUT2D eigenvalue weighted by Crippen LogP contribution is 2.25. The highest BCUT2D eigenvalue weighted by Gasteiger charge is 2.12. The van der Waals surface area contributed by atoms with Crippen LogP contribution in [0.4, 0.5) is 5.69 Å². The van der Waals surface area contributed by atoms with Gasteiger partial charge in [-0.3, -0.25) is 14.9 Å². The summed E-state index contributed by atoms with van der Waals surface area (Å²) >= 11 is 0. The minimum atomic E-state index is -0.692. The molecule has 0 aliphatic heterocycles. The van der Waals surface area contributed by atoms with Crippen molar-refractivity contribution >= 4 is 17.8 Å². The van der Waals surface area contributed by atoms with E-state index in [-0.39, 0.29) is 18.0 Å². The quantitative estimate of drug-likeness (QED) is 0.449. The number of carbonyl (C=O) groups is 1. The summed E-state index contributed by atoms with van der Waals surface area (Å²) in [6, 6.07) is 3.75. The predicted octanol–water partition coefficient (Wildman–Crippen LogP) is 0.787. The van der Waals surface area contributed by atoms with E-state index in [0.717, 1.165) is 6.07 Å². The third-order valence-electron chi connectivity index (χ3n) is 2.13. The normalized spacial score (nSPS) is 10.6. The molecule has 0 aliphatic carbocycles. The van der Waals surface area contributed by atoms with E-state index in [0.29, 0.717) is 12.2 Å². The molecular weight excluding hydrogens is 254 g/mol. The molecular formula is C11H13N3O5. The first-order valence-electron chi connectivity index (χ1n) is 5.33. The Bertz CT molecular complexity index is 501. The molecule has 8 heteroatoms. The lowest BCUT2D eigenvalue weighted by atomic mass is 10.2. The van der Waals surface area contributed by atoms with E-state index in [9.17, 15) is 20.0 Å². The number of nitro benzene ring substituents is 1. The molecule has 0 aliphatic rings. The van der Waals surface area contributed by atoms with Crippen molar-refractivity contribution in [2.45, 2.75) is 6.42 Å². The van der Waals surface area contributed by atoms with Crippen LogP contribution in [0.1, 0.15) is 12.0 Å². The van der Waals surface area contributed by atoms with Crippen molar-refractivity contribution in [3.8, 4) is 5.75 Å². The number of rotatable bonds is 6. The zero-order valence-corrected chi connectivity index (χ0v) is 10.2. The molecule has 102 valence electrons. The summed E-state index contributed by atoms with van der Waals surface area (Å²) < 4.78 is 4.72. The van der Waals surface area contributed by atoms with Crippen LogP contribution in [0, 0.1) is 10.1 Å². The second-order valence-electron chi connectivity index (χ2n) is 3.54. The molecule has 0 aromatic heterocycles. The van der Waals surface area contributed by atoms with Crippen molar-refractivity contribution in [1.29, 1.82) is 0 Å². The number of carbonyl (C=O) groups excluding carboxylic acids is 1. The van der Waals surface area contributed by atoms with E-state index in [1.807, 2.05) is 0 Å². The molecule has 0 unspecified atom stereocenters. The molecule has 0 heterocycles. The average molecular weight is 267 g/mol. The molecule has 0 spiro atoms. The molecule has 0 radical (unpaired) electrons. The number of nitrogens with zero attached hydrogens (tertiary/aromatic N) is 2. The number of hydrogen-bond donors (Lipinski definition) is 2. The van der Waals surface area contributed by atoms with Crippen molar-refractivity contribution in [3.63, 3.8) is 0 Å². The Morgan fingerprint density at radius 2 is 2.37 bits per heavy atom.